The van der Waals surface area contributed by atoms with Crippen molar-refractivity contribution in [1.29, 1.82) is 5.26 Å². The molecule has 1 aromatic carbocycles. The summed E-state index contributed by atoms with van der Waals surface area (Å²) in [6.07, 6.45) is 4.12. The van der Waals surface area contributed by atoms with Crippen molar-refractivity contribution in [2.45, 2.75) is 6.54 Å². The fourth-order valence-electron chi connectivity index (χ4n) is 2.86. The quantitative estimate of drug-likeness (QED) is 0.466. The van der Waals surface area contributed by atoms with E-state index in [0.717, 1.165) is 0 Å². The van der Waals surface area contributed by atoms with Crippen LogP contribution in [0.25, 0.3) is 16.8 Å². The summed E-state index contributed by atoms with van der Waals surface area (Å²) in [5, 5.41) is 13.8. The molecule has 0 aliphatic heterocycles. The molecular formula is C18H10ClN9O2. The van der Waals surface area contributed by atoms with Gasteiger partial charge in [0.1, 0.15) is 30.3 Å². The number of hydrogen-bond donors (Lipinski definition) is 1. The number of aromatic amines is 1. The number of nitrogens with zero attached hydrogens (tertiary/aromatic N) is 8. The smallest absolute Gasteiger partial charge is 0.281 e. The van der Waals surface area contributed by atoms with Gasteiger partial charge in [0.15, 0.2) is 22.5 Å². The van der Waals surface area contributed by atoms with Gasteiger partial charge in [-0.05, 0) is 24.3 Å². The Labute approximate surface area is 172 Å². The van der Waals surface area contributed by atoms with Crippen LogP contribution in [-0.2, 0) is 6.54 Å². The molecule has 0 amide bonds. The Morgan fingerprint density at radius 3 is 2.80 bits per heavy atom. The lowest BCUT2D eigenvalue weighted by molar-refractivity contribution is 0.462. The second-order valence-electron chi connectivity index (χ2n) is 6.18. The first kappa shape index (κ1) is 17.8. The third kappa shape index (κ3) is 3.11. The van der Waals surface area contributed by atoms with Gasteiger partial charge in [-0.25, -0.2) is 19.5 Å². The zero-order chi connectivity index (χ0) is 20.7. The second kappa shape index (κ2) is 6.94. The molecule has 0 spiro atoms. The van der Waals surface area contributed by atoms with E-state index in [9.17, 15) is 4.79 Å². The van der Waals surface area contributed by atoms with Gasteiger partial charge in [-0.3, -0.25) is 9.36 Å². The van der Waals surface area contributed by atoms with E-state index < -0.39 is 5.56 Å². The van der Waals surface area contributed by atoms with Crippen LogP contribution in [0.3, 0.4) is 0 Å². The number of halogens is 1. The zero-order valence-electron chi connectivity index (χ0n) is 15.0. The first-order valence-corrected chi connectivity index (χ1v) is 8.96. The Kier molecular flexibility index (Phi) is 4.11. The van der Waals surface area contributed by atoms with E-state index in [4.69, 9.17) is 21.6 Å². The van der Waals surface area contributed by atoms with Gasteiger partial charge in [0, 0.05) is 5.02 Å². The van der Waals surface area contributed by atoms with Crippen LogP contribution in [0.4, 0.5) is 0 Å². The summed E-state index contributed by atoms with van der Waals surface area (Å²) in [4.78, 5) is 32.5. The molecule has 0 aliphatic carbocycles. The number of nitrogens with one attached hydrogen (secondary N) is 1. The molecule has 0 saturated heterocycles. The predicted molar refractivity (Wildman–Crippen MR) is 104 cm³/mol. The molecule has 0 bridgehead atoms. The summed E-state index contributed by atoms with van der Waals surface area (Å²) in [5.41, 5.74) is 0.482. The van der Waals surface area contributed by atoms with Gasteiger partial charge in [-0.15, -0.1) is 0 Å². The predicted octanol–water partition coefficient (Wildman–Crippen LogP) is 1.92. The monoisotopic (exact) mass is 419 g/mol. The number of fused-ring (bicyclic) bond motifs is 2. The largest absolute Gasteiger partial charge is 0.437 e. The fourth-order valence-corrected chi connectivity index (χ4v) is 2.99. The first-order valence-electron chi connectivity index (χ1n) is 8.58. The minimum atomic E-state index is -0.410. The molecule has 5 aromatic rings. The number of benzene rings is 1. The van der Waals surface area contributed by atoms with E-state index in [2.05, 4.69) is 30.0 Å². The van der Waals surface area contributed by atoms with Gasteiger partial charge >= 0.3 is 0 Å². The van der Waals surface area contributed by atoms with Crippen molar-refractivity contribution in [3.05, 3.63) is 70.0 Å². The number of hydrogen-bond acceptors (Lipinski definition) is 8. The van der Waals surface area contributed by atoms with Crippen LogP contribution in [0.1, 0.15) is 11.5 Å². The van der Waals surface area contributed by atoms with Gasteiger partial charge in [0.05, 0.1) is 12.7 Å². The molecule has 12 heteroatoms. The number of H-pyrrole nitrogens is 1. The van der Waals surface area contributed by atoms with E-state index in [1.165, 1.54) is 27.9 Å². The van der Waals surface area contributed by atoms with Crippen molar-refractivity contribution >= 4 is 28.4 Å². The minimum absolute atomic E-state index is 0.0128. The molecule has 4 heterocycles. The van der Waals surface area contributed by atoms with Gasteiger partial charge in [0.25, 0.3) is 5.56 Å². The lowest BCUT2D eigenvalue weighted by Crippen LogP contribution is -2.24. The number of rotatable bonds is 4. The van der Waals surface area contributed by atoms with E-state index in [1.54, 1.807) is 24.3 Å². The zero-order valence-corrected chi connectivity index (χ0v) is 15.8. The third-order valence-corrected chi connectivity index (χ3v) is 4.48. The van der Waals surface area contributed by atoms with Crippen LogP contribution in [0.5, 0.6) is 11.6 Å². The van der Waals surface area contributed by atoms with Crippen molar-refractivity contribution in [3.63, 3.8) is 0 Å². The van der Waals surface area contributed by atoms with Crippen LogP contribution < -0.4 is 10.3 Å². The normalized spacial score (nSPS) is 11.1. The molecule has 0 atom stereocenters. The molecule has 0 aliphatic rings. The fraction of sp³-hybridized carbons (Fsp3) is 0.0556. The highest BCUT2D eigenvalue weighted by atomic mass is 35.5. The third-order valence-electron chi connectivity index (χ3n) is 4.23. The van der Waals surface area contributed by atoms with E-state index in [1.807, 2.05) is 6.07 Å². The van der Waals surface area contributed by atoms with Crippen molar-refractivity contribution in [1.82, 2.24) is 39.1 Å². The number of aromatic nitrogens is 8. The Morgan fingerprint density at radius 1 is 1.17 bits per heavy atom. The molecule has 5 rings (SSSR count). The van der Waals surface area contributed by atoms with Gasteiger partial charge < -0.3 is 9.72 Å². The molecule has 0 fully saturated rings. The average molecular weight is 420 g/mol. The summed E-state index contributed by atoms with van der Waals surface area (Å²) >= 11 is 5.87. The Hall–Kier alpha value is -4.30. The molecule has 146 valence electrons. The van der Waals surface area contributed by atoms with Crippen LogP contribution in [0.2, 0.25) is 5.02 Å². The van der Waals surface area contributed by atoms with Gasteiger partial charge in [-0.2, -0.15) is 15.3 Å². The van der Waals surface area contributed by atoms with Crippen molar-refractivity contribution in [2.75, 3.05) is 0 Å². The van der Waals surface area contributed by atoms with Crippen LogP contribution >= 0.6 is 11.6 Å². The lowest BCUT2D eigenvalue weighted by atomic mass is 10.3. The molecule has 0 unspecified atom stereocenters. The van der Waals surface area contributed by atoms with Crippen molar-refractivity contribution in [2.24, 2.45) is 0 Å². The number of nitriles is 1. The molecule has 1 N–H and O–H groups in total. The second-order valence-corrected chi connectivity index (χ2v) is 6.62. The van der Waals surface area contributed by atoms with E-state index >= 15 is 0 Å². The van der Waals surface area contributed by atoms with Crippen molar-refractivity contribution < 1.29 is 4.74 Å². The average Bonchev–Trinajstić information content (AvgIpc) is 3.35. The Bertz CT molecular complexity index is 1490. The summed E-state index contributed by atoms with van der Waals surface area (Å²) in [6.45, 7) is 0.0871. The maximum atomic E-state index is 12.7. The summed E-state index contributed by atoms with van der Waals surface area (Å²) in [6, 6.07) is 8.73. The molecule has 4 aromatic heterocycles. The van der Waals surface area contributed by atoms with E-state index in [0.29, 0.717) is 27.9 Å². The van der Waals surface area contributed by atoms with Crippen LogP contribution in [-0.4, -0.2) is 39.1 Å². The minimum Gasteiger partial charge on any atom is -0.437 e. The highest BCUT2D eigenvalue weighted by Crippen LogP contribution is 2.22. The molecule has 0 radical (unpaired) electrons. The van der Waals surface area contributed by atoms with E-state index in [-0.39, 0.29) is 23.6 Å². The number of ether oxygens (including phenoxy) is 1. The highest BCUT2D eigenvalue weighted by Gasteiger charge is 2.14. The van der Waals surface area contributed by atoms with Crippen LogP contribution in [0, 0.1) is 11.3 Å². The summed E-state index contributed by atoms with van der Waals surface area (Å²) in [5.74, 6) is 1.28. The van der Waals surface area contributed by atoms with Crippen LogP contribution in [0.15, 0.2) is 47.9 Å². The number of imidazole rings is 2. The first-order chi connectivity index (χ1) is 14.6. The summed E-state index contributed by atoms with van der Waals surface area (Å²) in [7, 11) is 0. The molecular weight excluding hydrogens is 410 g/mol. The SMILES string of the molecule is N#Cc1ncn2ncn(Cc3nc4ncc(Oc5ccc(Cl)cc5)nc4[nH]3)c(=O)c12. The highest BCUT2D eigenvalue weighted by molar-refractivity contribution is 6.30. The van der Waals surface area contributed by atoms with Gasteiger partial charge in [0.2, 0.25) is 5.88 Å². The van der Waals surface area contributed by atoms with Gasteiger partial charge in [-0.1, -0.05) is 11.6 Å². The Morgan fingerprint density at radius 2 is 2.00 bits per heavy atom. The molecule has 11 nitrogen and oxygen atoms in total. The maximum absolute atomic E-state index is 12.7. The summed E-state index contributed by atoms with van der Waals surface area (Å²) < 4.78 is 8.25. The topological polar surface area (TPSA) is 140 Å². The van der Waals surface area contributed by atoms with Crippen molar-refractivity contribution in [3.8, 4) is 17.7 Å². The standard InChI is InChI=1S/C18H10ClN9O2/c19-10-1-3-11(4-2-10)30-14-6-21-16-17(26-14)25-13(24-16)7-27-9-23-28-8-22-12(5-20)15(28)18(27)29/h1-4,6,8-9H,7H2,(H,21,24,25,26). The molecule has 30 heavy (non-hydrogen) atoms. The maximum Gasteiger partial charge on any atom is 0.281 e. The Balaban J connectivity index is 1.45. The lowest BCUT2D eigenvalue weighted by Gasteiger charge is -2.03. The molecule has 0 saturated carbocycles.